The molecule has 104 valence electrons. The zero-order chi connectivity index (χ0) is 14.7. The van der Waals surface area contributed by atoms with Gasteiger partial charge < -0.3 is 5.11 Å². The highest BCUT2D eigenvalue weighted by Crippen LogP contribution is 2.20. The summed E-state index contributed by atoms with van der Waals surface area (Å²) in [7, 11) is 0. The van der Waals surface area contributed by atoms with Crippen LogP contribution in [-0.2, 0) is 11.2 Å². The van der Waals surface area contributed by atoms with Crippen molar-refractivity contribution < 1.29 is 9.90 Å². The number of aliphatic carboxylic acids is 1. The Morgan fingerprint density at radius 1 is 1.30 bits per heavy atom. The van der Waals surface area contributed by atoms with Gasteiger partial charge in [-0.25, -0.2) is 4.98 Å². The third-order valence-corrected chi connectivity index (χ3v) is 3.28. The predicted octanol–water partition coefficient (Wildman–Crippen LogP) is 2.55. The van der Waals surface area contributed by atoms with Crippen molar-refractivity contribution in [1.82, 2.24) is 15.2 Å². The third-order valence-electron chi connectivity index (χ3n) is 3.05. The molecule has 2 rings (SSSR count). The van der Waals surface area contributed by atoms with E-state index in [1.807, 2.05) is 6.07 Å². The smallest absolute Gasteiger partial charge is 0.314 e. The first-order valence-electron chi connectivity index (χ1n) is 6.12. The summed E-state index contributed by atoms with van der Waals surface area (Å²) in [4.78, 5) is 15.7. The Hall–Kier alpha value is -2.01. The molecule has 1 aromatic carbocycles. The van der Waals surface area contributed by atoms with Crippen LogP contribution in [0.3, 0.4) is 0 Å². The fourth-order valence-electron chi connectivity index (χ4n) is 1.81. The average Bonchev–Trinajstić information content (AvgIpc) is 2.39. The second-order valence-corrected chi connectivity index (χ2v) is 5.00. The van der Waals surface area contributed by atoms with Gasteiger partial charge in [0.2, 0.25) is 0 Å². The number of carboxylic acid groups (broad SMARTS) is 1. The molecule has 0 saturated carbocycles. The summed E-state index contributed by atoms with van der Waals surface area (Å²) in [5.41, 5.74) is 2.21. The molecule has 0 radical (unpaired) electrons. The fraction of sp³-hybridized carbons (Fsp3) is 0.286. The number of benzene rings is 1. The molecule has 1 atom stereocenters. The number of hydrogen-bond donors (Lipinski definition) is 1. The highest BCUT2D eigenvalue weighted by molar-refractivity contribution is 6.30. The first-order valence-corrected chi connectivity index (χ1v) is 6.50. The van der Waals surface area contributed by atoms with Crippen molar-refractivity contribution in [1.29, 1.82) is 0 Å². The molecule has 6 heteroatoms. The summed E-state index contributed by atoms with van der Waals surface area (Å²) >= 11 is 5.91. The van der Waals surface area contributed by atoms with Gasteiger partial charge >= 0.3 is 5.97 Å². The molecule has 20 heavy (non-hydrogen) atoms. The minimum atomic E-state index is -0.977. The Kier molecular flexibility index (Phi) is 4.29. The van der Waals surface area contributed by atoms with E-state index in [-0.39, 0.29) is 12.2 Å². The first kappa shape index (κ1) is 14.4. The number of nitrogens with zero attached hydrogens (tertiary/aromatic N) is 3. The number of carbonyl (C=O) groups is 1. The predicted molar refractivity (Wildman–Crippen MR) is 74.8 cm³/mol. The Balaban J connectivity index is 2.32. The lowest BCUT2D eigenvalue weighted by Gasteiger charge is -2.11. The molecule has 1 unspecified atom stereocenters. The summed E-state index contributed by atoms with van der Waals surface area (Å²) in [6.07, 6.45) is 0.278. The van der Waals surface area contributed by atoms with Crippen LogP contribution in [0.15, 0.2) is 24.3 Å². The van der Waals surface area contributed by atoms with Crippen LogP contribution in [0.1, 0.15) is 28.7 Å². The van der Waals surface area contributed by atoms with Gasteiger partial charge in [-0.15, -0.1) is 5.10 Å². The Morgan fingerprint density at radius 3 is 2.65 bits per heavy atom. The van der Waals surface area contributed by atoms with Crippen molar-refractivity contribution in [3.05, 3.63) is 52.1 Å². The Morgan fingerprint density at radius 2 is 2.05 bits per heavy atom. The van der Waals surface area contributed by atoms with E-state index in [1.165, 1.54) is 0 Å². The largest absolute Gasteiger partial charge is 0.481 e. The maximum Gasteiger partial charge on any atom is 0.314 e. The third kappa shape index (κ3) is 3.30. The maximum absolute atomic E-state index is 11.4. The molecule has 2 aromatic rings. The molecule has 0 amide bonds. The van der Waals surface area contributed by atoms with E-state index >= 15 is 0 Å². The summed E-state index contributed by atoms with van der Waals surface area (Å²) in [6.45, 7) is 3.57. The molecule has 0 aliphatic carbocycles. The van der Waals surface area contributed by atoms with Crippen molar-refractivity contribution in [2.45, 2.75) is 26.2 Å². The monoisotopic (exact) mass is 291 g/mol. The van der Waals surface area contributed by atoms with Crippen LogP contribution in [0.4, 0.5) is 0 Å². The molecule has 5 nitrogen and oxygen atoms in total. The van der Waals surface area contributed by atoms with Gasteiger partial charge in [0.1, 0.15) is 5.92 Å². The fourth-order valence-corrected chi connectivity index (χ4v) is 2.02. The molecule has 1 heterocycles. The van der Waals surface area contributed by atoms with Gasteiger partial charge in [0, 0.05) is 5.02 Å². The Bertz CT molecular complexity index is 646. The lowest BCUT2D eigenvalue weighted by molar-refractivity contribution is -0.139. The number of halogens is 1. The summed E-state index contributed by atoms with van der Waals surface area (Å²) in [5, 5.41) is 17.8. The topological polar surface area (TPSA) is 76.0 Å². The zero-order valence-electron chi connectivity index (χ0n) is 11.2. The van der Waals surface area contributed by atoms with E-state index in [1.54, 1.807) is 32.0 Å². The molecule has 0 fully saturated rings. The number of carboxylic acids is 1. The normalized spacial score (nSPS) is 12.2. The second kappa shape index (κ2) is 5.96. The number of rotatable bonds is 4. The Labute approximate surface area is 121 Å². The van der Waals surface area contributed by atoms with E-state index in [0.29, 0.717) is 16.4 Å². The van der Waals surface area contributed by atoms with Gasteiger partial charge in [0.05, 0.1) is 11.4 Å². The van der Waals surface area contributed by atoms with Crippen LogP contribution < -0.4 is 0 Å². The highest BCUT2D eigenvalue weighted by Gasteiger charge is 2.24. The molecule has 0 aliphatic heterocycles. The SMILES string of the molecule is Cc1nnc(C(Cc2cccc(Cl)c2)C(=O)O)nc1C. The molecule has 1 aromatic heterocycles. The van der Waals surface area contributed by atoms with Crippen LogP contribution in [0.5, 0.6) is 0 Å². The molecular formula is C14H14ClN3O2. The summed E-state index contributed by atoms with van der Waals surface area (Å²) in [6, 6.07) is 7.10. The van der Waals surface area contributed by atoms with Crippen LogP contribution in [-0.4, -0.2) is 26.3 Å². The number of hydrogen-bond acceptors (Lipinski definition) is 4. The average molecular weight is 292 g/mol. The van der Waals surface area contributed by atoms with E-state index < -0.39 is 11.9 Å². The standard InChI is InChI=1S/C14H14ClN3O2/c1-8-9(2)17-18-13(16-8)12(14(19)20)7-10-4-3-5-11(15)6-10/h3-6,12H,7H2,1-2H3,(H,19,20). The molecule has 0 saturated heterocycles. The van der Waals surface area contributed by atoms with Crippen LogP contribution in [0, 0.1) is 13.8 Å². The molecular weight excluding hydrogens is 278 g/mol. The number of aromatic nitrogens is 3. The van der Waals surface area contributed by atoms with Crippen molar-refractivity contribution in [2.24, 2.45) is 0 Å². The minimum absolute atomic E-state index is 0.223. The molecule has 1 N–H and O–H groups in total. The molecule has 0 spiro atoms. The van der Waals surface area contributed by atoms with Gasteiger partial charge in [0.15, 0.2) is 5.82 Å². The first-order chi connectivity index (χ1) is 9.47. The van der Waals surface area contributed by atoms with E-state index in [0.717, 1.165) is 5.56 Å². The summed E-state index contributed by atoms with van der Waals surface area (Å²) in [5.74, 6) is -1.59. The van der Waals surface area contributed by atoms with Crippen LogP contribution in [0.2, 0.25) is 5.02 Å². The van der Waals surface area contributed by atoms with Crippen molar-refractivity contribution >= 4 is 17.6 Å². The number of aryl methyl sites for hydroxylation is 2. The van der Waals surface area contributed by atoms with E-state index in [2.05, 4.69) is 15.2 Å². The van der Waals surface area contributed by atoms with Crippen molar-refractivity contribution in [3.63, 3.8) is 0 Å². The van der Waals surface area contributed by atoms with Gasteiger partial charge in [-0.05, 0) is 38.0 Å². The molecule has 0 bridgehead atoms. The lowest BCUT2D eigenvalue weighted by Crippen LogP contribution is -2.19. The lowest BCUT2D eigenvalue weighted by atomic mass is 9.98. The van der Waals surface area contributed by atoms with Crippen LogP contribution in [0.25, 0.3) is 0 Å². The molecule has 0 aliphatic rings. The van der Waals surface area contributed by atoms with Crippen molar-refractivity contribution in [3.8, 4) is 0 Å². The van der Waals surface area contributed by atoms with E-state index in [9.17, 15) is 9.90 Å². The maximum atomic E-state index is 11.4. The van der Waals surface area contributed by atoms with Crippen molar-refractivity contribution in [2.75, 3.05) is 0 Å². The van der Waals surface area contributed by atoms with Gasteiger partial charge in [-0.3, -0.25) is 4.79 Å². The van der Waals surface area contributed by atoms with E-state index in [4.69, 9.17) is 11.6 Å². The second-order valence-electron chi connectivity index (χ2n) is 4.57. The van der Waals surface area contributed by atoms with Gasteiger partial charge in [-0.1, -0.05) is 23.7 Å². The quantitative estimate of drug-likeness (QED) is 0.937. The minimum Gasteiger partial charge on any atom is -0.481 e. The summed E-state index contributed by atoms with van der Waals surface area (Å²) < 4.78 is 0. The zero-order valence-corrected chi connectivity index (χ0v) is 11.9. The van der Waals surface area contributed by atoms with Crippen LogP contribution >= 0.6 is 11.6 Å². The highest BCUT2D eigenvalue weighted by atomic mass is 35.5. The van der Waals surface area contributed by atoms with Gasteiger partial charge in [-0.2, -0.15) is 5.10 Å². The van der Waals surface area contributed by atoms with Gasteiger partial charge in [0.25, 0.3) is 0 Å².